The molecule has 0 fully saturated rings. The number of anilines is 1. The number of aryl methyl sites for hydroxylation is 1. The molecular weight excluding hydrogens is 316 g/mol. The molecule has 104 valence electrons. The highest BCUT2D eigenvalue weighted by molar-refractivity contribution is 9.10. The number of carbonyl (C=O) groups excluding carboxylic acids is 1. The van der Waals surface area contributed by atoms with Crippen molar-refractivity contribution in [3.05, 3.63) is 32.3 Å². The lowest BCUT2D eigenvalue weighted by Gasteiger charge is -2.20. The highest BCUT2D eigenvalue weighted by Gasteiger charge is 2.23. The van der Waals surface area contributed by atoms with Gasteiger partial charge < -0.3 is 4.74 Å². The number of hydrogen-bond donors (Lipinski definition) is 1. The fourth-order valence-electron chi connectivity index (χ4n) is 1.40. The van der Waals surface area contributed by atoms with Crippen molar-refractivity contribution in [1.82, 2.24) is 0 Å². The summed E-state index contributed by atoms with van der Waals surface area (Å²) in [4.78, 5) is 22.1. The highest BCUT2D eigenvalue weighted by Crippen LogP contribution is 2.34. The minimum atomic E-state index is -0.736. The van der Waals surface area contributed by atoms with E-state index in [9.17, 15) is 14.9 Å². The van der Waals surface area contributed by atoms with Gasteiger partial charge in [-0.1, -0.05) is 0 Å². The number of rotatable bonds is 2. The van der Waals surface area contributed by atoms with Crippen LogP contribution in [0.1, 0.15) is 26.3 Å². The van der Waals surface area contributed by atoms with Gasteiger partial charge in [-0.05, 0) is 55.3 Å². The Hall–Kier alpha value is -1.63. The Balaban J connectivity index is 3.07. The van der Waals surface area contributed by atoms with E-state index in [4.69, 9.17) is 4.74 Å². The molecule has 0 atom stereocenters. The molecule has 0 aromatic heterocycles. The summed E-state index contributed by atoms with van der Waals surface area (Å²) in [6.45, 7) is 6.87. The van der Waals surface area contributed by atoms with Crippen LogP contribution in [-0.2, 0) is 4.74 Å². The van der Waals surface area contributed by atoms with Gasteiger partial charge in [-0.15, -0.1) is 0 Å². The topological polar surface area (TPSA) is 81.5 Å². The number of nitro benzene ring substituents is 1. The van der Waals surface area contributed by atoms with Crippen molar-refractivity contribution < 1.29 is 14.5 Å². The summed E-state index contributed by atoms with van der Waals surface area (Å²) in [6.07, 6.45) is -0.736. The second-order valence-corrected chi connectivity index (χ2v) is 5.88. The van der Waals surface area contributed by atoms with Crippen molar-refractivity contribution >= 4 is 33.4 Å². The predicted octanol–water partition coefficient (Wildman–Crippen LogP) is 4.01. The normalized spacial score (nSPS) is 11.0. The molecule has 0 saturated carbocycles. The summed E-state index contributed by atoms with van der Waals surface area (Å²) in [5.74, 6) is 0. The fraction of sp³-hybridized carbons (Fsp3) is 0.417. The molecule has 1 aromatic carbocycles. The standard InChI is InChI=1S/C12H15BrN2O4/c1-7-5-8(13)10(9(6-7)15(17)18)14-11(16)19-12(2,3)4/h5-6H,1-4H3,(H,14,16). The van der Waals surface area contributed by atoms with Crippen molar-refractivity contribution in [2.24, 2.45) is 0 Å². The number of nitro groups is 1. The molecule has 19 heavy (non-hydrogen) atoms. The van der Waals surface area contributed by atoms with E-state index >= 15 is 0 Å². The van der Waals surface area contributed by atoms with E-state index in [-0.39, 0.29) is 11.4 Å². The van der Waals surface area contributed by atoms with Crippen LogP contribution in [0.25, 0.3) is 0 Å². The van der Waals surface area contributed by atoms with E-state index in [1.807, 2.05) is 0 Å². The molecule has 0 unspecified atom stereocenters. The molecule has 7 heteroatoms. The fourth-order valence-corrected chi connectivity index (χ4v) is 2.06. The molecule has 0 bridgehead atoms. The lowest BCUT2D eigenvalue weighted by atomic mass is 10.2. The molecule has 1 amide bonds. The SMILES string of the molecule is Cc1cc(Br)c(NC(=O)OC(C)(C)C)c([N+](=O)[O-])c1. The zero-order valence-corrected chi connectivity index (χ0v) is 12.7. The van der Waals surface area contributed by atoms with E-state index in [0.29, 0.717) is 10.0 Å². The van der Waals surface area contributed by atoms with Gasteiger partial charge >= 0.3 is 6.09 Å². The first-order chi connectivity index (χ1) is 8.60. The number of halogens is 1. The van der Waals surface area contributed by atoms with Crippen LogP contribution < -0.4 is 5.32 Å². The summed E-state index contributed by atoms with van der Waals surface area (Å²) in [5.41, 5.74) is -0.0494. The maximum Gasteiger partial charge on any atom is 0.412 e. The van der Waals surface area contributed by atoms with Crippen LogP contribution in [0.3, 0.4) is 0 Å². The van der Waals surface area contributed by atoms with E-state index in [1.54, 1.807) is 33.8 Å². The molecule has 6 nitrogen and oxygen atoms in total. The number of nitrogens with one attached hydrogen (secondary N) is 1. The third kappa shape index (κ3) is 4.51. The Morgan fingerprint density at radius 1 is 1.42 bits per heavy atom. The summed E-state index contributed by atoms with van der Waals surface area (Å²) >= 11 is 3.20. The van der Waals surface area contributed by atoms with Crippen LogP contribution in [0.15, 0.2) is 16.6 Å². The van der Waals surface area contributed by atoms with E-state index in [2.05, 4.69) is 21.2 Å². The van der Waals surface area contributed by atoms with Gasteiger partial charge in [-0.25, -0.2) is 4.79 Å². The van der Waals surface area contributed by atoms with E-state index < -0.39 is 16.6 Å². The first-order valence-electron chi connectivity index (χ1n) is 5.54. The quantitative estimate of drug-likeness (QED) is 0.656. The number of amides is 1. The first-order valence-corrected chi connectivity index (χ1v) is 6.34. The van der Waals surface area contributed by atoms with E-state index in [1.165, 1.54) is 6.07 Å². The monoisotopic (exact) mass is 330 g/mol. The molecule has 0 aliphatic carbocycles. The predicted molar refractivity (Wildman–Crippen MR) is 75.4 cm³/mol. The lowest BCUT2D eigenvalue weighted by Crippen LogP contribution is -2.27. The Labute approximate surface area is 119 Å². The van der Waals surface area contributed by atoms with Gasteiger partial charge in [0.2, 0.25) is 0 Å². The van der Waals surface area contributed by atoms with Gasteiger partial charge in [0.15, 0.2) is 0 Å². The van der Waals surface area contributed by atoms with Crippen molar-refractivity contribution in [3.8, 4) is 0 Å². The molecule has 0 spiro atoms. The van der Waals surface area contributed by atoms with Gasteiger partial charge in [0.1, 0.15) is 11.3 Å². The Morgan fingerprint density at radius 3 is 2.47 bits per heavy atom. The Kier molecular flexibility index (Phi) is 4.52. The smallest absolute Gasteiger partial charge is 0.412 e. The molecule has 1 N–H and O–H groups in total. The zero-order chi connectivity index (χ0) is 14.8. The lowest BCUT2D eigenvalue weighted by molar-refractivity contribution is -0.384. The van der Waals surface area contributed by atoms with Gasteiger partial charge in [0.05, 0.1) is 4.92 Å². The number of hydrogen-bond acceptors (Lipinski definition) is 4. The largest absolute Gasteiger partial charge is 0.444 e. The number of carbonyl (C=O) groups is 1. The maximum atomic E-state index is 11.7. The van der Waals surface area contributed by atoms with Crippen LogP contribution in [0.5, 0.6) is 0 Å². The second kappa shape index (κ2) is 5.56. The number of benzene rings is 1. The van der Waals surface area contributed by atoms with Crippen LogP contribution in [-0.4, -0.2) is 16.6 Å². The van der Waals surface area contributed by atoms with Crippen LogP contribution in [0.4, 0.5) is 16.2 Å². The van der Waals surface area contributed by atoms with Gasteiger partial charge in [0, 0.05) is 10.5 Å². The molecular formula is C12H15BrN2O4. The Bertz CT molecular complexity index is 523. The van der Waals surface area contributed by atoms with E-state index in [0.717, 1.165) is 0 Å². The second-order valence-electron chi connectivity index (χ2n) is 5.02. The van der Waals surface area contributed by atoms with Gasteiger partial charge in [-0.3, -0.25) is 15.4 Å². The summed E-state index contributed by atoms with van der Waals surface area (Å²) in [5, 5.41) is 13.4. The molecule has 1 aromatic rings. The molecule has 0 aliphatic rings. The van der Waals surface area contributed by atoms with Crippen LogP contribution in [0.2, 0.25) is 0 Å². The van der Waals surface area contributed by atoms with Gasteiger partial charge in [0.25, 0.3) is 5.69 Å². The van der Waals surface area contributed by atoms with Crippen molar-refractivity contribution in [2.45, 2.75) is 33.3 Å². The molecule has 0 heterocycles. The highest BCUT2D eigenvalue weighted by atomic mass is 79.9. The number of nitrogens with zero attached hydrogens (tertiary/aromatic N) is 1. The average Bonchev–Trinajstić information content (AvgIpc) is 2.18. The zero-order valence-electron chi connectivity index (χ0n) is 11.1. The van der Waals surface area contributed by atoms with Crippen LogP contribution >= 0.6 is 15.9 Å². The summed E-state index contributed by atoms with van der Waals surface area (Å²) in [7, 11) is 0. The number of ether oxygens (including phenoxy) is 1. The third-order valence-electron chi connectivity index (χ3n) is 2.04. The van der Waals surface area contributed by atoms with Crippen molar-refractivity contribution in [2.75, 3.05) is 5.32 Å². The van der Waals surface area contributed by atoms with Crippen LogP contribution in [0, 0.1) is 17.0 Å². The van der Waals surface area contributed by atoms with Gasteiger partial charge in [-0.2, -0.15) is 0 Å². The minimum absolute atomic E-state index is 0.0878. The molecule has 0 radical (unpaired) electrons. The Morgan fingerprint density at radius 2 is 2.00 bits per heavy atom. The minimum Gasteiger partial charge on any atom is -0.444 e. The maximum absolute atomic E-state index is 11.7. The van der Waals surface area contributed by atoms with Crippen molar-refractivity contribution in [3.63, 3.8) is 0 Å². The summed E-state index contributed by atoms with van der Waals surface area (Å²) < 4.78 is 5.50. The molecule has 1 rings (SSSR count). The average molecular weight is 331 g/mol. The third-order valence-corrected chi connectivity index (χ3v) is 2.66. The van der Waals surface area contributed by atoms with Crippen molar-refractivity contribution in [1.29, 1.82) is 0 Å². The summed E-state index contributed by atoms with van der Waals surface area (Å²) in [6, 6.07) is 3.07. The molecule has 0 saturated heterocycles. The molecule has 0 aliphatic heterocycles. The first kappa shape index (κ1) is 15.4.